The van der Waals surface area contributed by atoms with E-state index >= 15 is 0 Å². The number of halogens is 4. The van der Waals surface area contributed by atoms with Crippen molar-refractivity contribution < 1.29 is 27.1 Å². The number of ether oxygens (including phenoxy) is 1. The third-order valence-corrected chi connectivity index (χ3v) is 5.28. The molecule has 0 saturated carbocycles. The first-order valence-corrected chi connectivity index (χ1v) is 9.22. The first-order chi connectivity index (χ1) is 14.8. The second kappa shape index (κ2) is 6.95. The largest absolute Gasteiger partial charge is 0.373 e. The normalized spacial score (nSPS) is 15.9. The number of aromatic nitrogens is 2. The van der Waals surface area contributed by atoms with E-state index in [0.29, 0.717) is 16.6 Å². The number of rotatable bonds is 2. The molecule has 0 fully saturated rings. The third-order valence-electron chi connectivity index (χ3n) is 5.28. The molecule has 3 N–H and O–H groups in total. The minimum absolute atomic E-state index is 0.0162. The summed E-state index contributed by atoms with van der Waals surface area (Å²) in [7, 11) is 0. The first-order valence-electron chi connectivity index (χ1n) is 9.22. The molecule has 1 amide bonds. The summed E-state index contributed by atoms with van der Waals surface area (Å²) in [5.74, 6) is -5.00. The molecule has 1 atom stereocenters. The molecule has 0 bridgehead atoms. The average molecular weight is 431 g/mol. The fraction of sp³-hybridized carbons (Fsp3) is 0.143. The fourth-order valence-corrected chi connectivity index (χ4v) is 3.86. The molecule has 2 aromatic carbocycles. The van der Waals surface area contributed by atoms with Gasteiger partial charge in [-0.1, -0.05) is 0 Å². The van der Waals surface area contributed by atoms with Crippen LogP contribution in [0, 0.1) is 23.3 Å². The lowest BCUT2D eigenvalue weighted by Gasteiger charge is -2.27. The Morgan fingerprint density at radius 2 is 1.61 bits per heavy atom. The molecule has 1 aliphatic rings. The number of benzene rings is 2. The summed E-state index contributed by atoms with van der Waals surface area (Å²) >= 11 is 0. The molecule has 31 heavy (non-hydrogen) atoms. The molecule has 10 heteroatoms. The van der Waals surface area contributed by atoms with Crippen LogP contribution in [-0.2, 0) is 11.3 Å². The Kier molecular flexibility index (Phi) is 4.33. The van der Waals surface area contributed by atoms with E-state index in [1.165, 1.54) is 6.07 Å². The van der Waals surface area contributed by atoms with Gasteiger partial charge in [0.15, 0.2) is 23.3 Å². The summed E-state index contributed by atoms with van der Waals surface area (Å²) < 4.78 is 59.9. The molecule has 6 nitrogen and oxygen atoms in total. The lowest BCUT2D eigenvalue weighted by atomic mass is 9.96. The predicted molar refractivity (Wildman–Crippen MR) is 103 cm³/mol. The van der Waals surface area contributed by atoms with Crippen LogP contribution < -0.4 is 10.9 Å². The van der Waals surface area contributed by atoms with E-state index < -0.39 is 40.8 Å². The third kappa shape index (κ3) is 3.15. The number of H-pyrrole nitrogens is 2. The van der Waals surface area contributed by atoms with Crippen LogP contribution in [0.5, 0.6) is 0 Å². The molecule has 158 valence electrons. The smallest absolute Gasteiger partial charge is 0.268 e. The van der Waals surface area contributed by atoms with Crippen LogP contribution >= 0.6 is 0 Å². The van der Waals surface area contributed by atoms with Crippen LogP contribution in [0.15, 0.2) is 35.1 Å². The van der Waals surface area contributed by atoms with Gasteiger partial charge in [0.1, 0.15) is 5.69 Å². The van der Waals surface area contributed by atoms with Crippen molar-refractivity contribution in [1.82, 2.24) is 15.3 Å². The van der Waals surface area contributed by atoms with Crippen molar-refractivity contribution in [3.05, 3.63) is 80.9 Å². The highest BCUT2D eigenvalue weighted by Gasteiger charge is 2.28. The van der Waals surface area contributed by atoms with Gasteiger partial charge in [-0.05, 0) is 29.7 Å². The lowest BCUT2D eigenvalue weighted by Crippen LogP contribution is -2.36. The number of hydrogen-bond donors (Lipinski definition) is 3. The summed E-state index contributed by atoms with van der Waals surface area (Å²) in [6.45, 7) is 0.0409. The summed E-state index contributed by atoms with van der Waals surface area (Å²) in [6, 6.07) is 4.19. The number of carbonyl (C=O) groups is 1. The Balaban J connectivity index is 1.56. The minimum atomic E-state index is -1.16. The highest BCUT2D eigenvalue weighted by molar-refractivity contribution is 5.98. The van der Waals surface area contributed by atoms with Crippen LogP contribution in [0.4, 0.5) is 17.6 Å². The number of hydrogen-bond acceptors (Lipinski definition) is 3. The Hall–Kier alpha value is -3.66. The average Bonchev–Trinajstić information content (AvgIpc) is 3.13. The topological polar surface area (TPSA) is 87.0 Å². The van der Waals surface area contributed by atoms with Crippen molar-refractivity contribution in [3.63, 3.8) is 0 Å². The van der Waals surface area contributed by atoms with E-state index in [4.69, 9.17) is 4.74 Å². The van der Waals surface area contributed by atoms with Crippen molar-refractivity contribution in [2.75, 3.05) is 6.61 Å². The van der Waals surface area contributed by atoms with Gasteiger partial charge in [-0.2, -0.15) is 0 Å². The summed E-state index contributed by atoms with van der Waals surface area (Å²) in [5, 5.41) is 3.11. The van der Waals surface area contributed by atoms with Gasteiger partial charge in [0, 0.05) is 28.2 Å². The van der Waals surface area contributed by atoms with E-state index in [1.54, 1.807) is 0 Å². The Morgan fingerprint density at radius 3 is 2.39 bits per heavy atom. The van der Waals surface area contributed by atoms with E-state index in [1.807, 2.05) is 0 Å². The molecule has 4 aromatic rings. The maximum absolute atomic E-state index is 13.9. The van der Waals surface area contributed by atoms with E-state index in [-0.39, 0.29) is 35.2 Å². The van der Waals surface area contributed by atoms with Gasteiger partial charge in [-0.25, -0.2) is 17.6 Å². The summed E-state index contributed by atoms with van der Waals surface area (Å²) in [6.07, 6.45) is 0. The monoisotopic (exact) mass is 431 g/mol. The molecule has 5 rings (SSSR count). The molecule has 0 aliphatic carbocycles. The maximum Gasteiger partial charge on any atom is 0.268 e. The summed E-state index contributed by atoms with van der Waals surface area (Å²) in [4.78, 5) is 30.4. The highest BCUT2D eigenvalue weighted by atomic mass is 19.2. The second-order valence-electron chi connectivity index (χ2n) is 7.24. The molecule has 1 aliphatic heterocycles. The zero-order valence-electron chi connectivity index (χ0n) is 15.6. The van der Waals surface area contributed by atoms with Crippen molar-refractivity contribution in [2.45, 2.75) is 12.6 Å². The van der Waals surface area contributed by atoms with Gasteiger partial charge in [0.25, 0.3) is 11.5 Å². The molecule has 0 radical (unpaired) electrons. The molecular weight excluding hydrogens is 418 g/mol. The van der Waals surface area contributed by atoms with E-state index in [2.05, 4.69) is 15.3 Å². The van der Waals surface area contributed by atoms with Crippen LogP contribution in [0.2, 0.25) is 0 Å². The zero-order chi connectivity index (χ0) is 21.9. The quantitative estimate of drug-likeness (QED) is 0.424. The molecule has 3 heterocycles. The fourth-order valence-electron chi connectivity index (χ4n) is 3.86. The minimum Gasteiger partial charge on any atom is -0.373 e. The van der Waals surface area contributed by atoms with E-state index in [0.717, 1.165) is 24.3 Å². The number of pyridine rings is 1. The number of nitrogens with one attached hydrogen (secondary N) is 3. The van der Waals surface area contributed by atoms with Crippen LogP contribution in [-0.4, -0.2) is 22.5 Å². The number of amides is 1. The number of carbonyl (C=O) groups excluding carboxylic acids is 1. The number of aromatic amines is 2. The SMILES string of the molecule is O=C(N[C@@H]1COCc2[nH]c(=O)c3cc(F)c(F)cc3c21)c1cc2cc(F)c(F)cc2[nH]1. The van der Waals surface area contributed by atoms with Gasteiger partial charge < -0.3 is 20.0 Å². The van der Waals surface area contributed by atoms with E-state index in [9.17, 15) is 27.2 Å². The van der Waals surface area contributed by atoms with Crippen LogP contribution in [0.25, 0.3) is 21.7 Å². The Bertz CT molecular complexity index is 1400. The Morgan fingerprint density at radius 1 is 0.935 bits per heavy atom. The lowest BCUT2D eigenvalue weighted by molar-refractivity contribution is 0.0692. The van der Waals surface area contributed by atoms with Crippen molar-refractivity contribution in [1.29, 1.82) is 0 Å². The molecule has 0 saturated heterocycles. The summed E-state index contributed by atoms with van der Waals surface area (Å²) in [5.41, 5.74) is 0.403. The van der Waals surface area contributed by atoms with Crippen LogP contribution in [0.3, 0.4) is 0 Å². The van der Waals surface area contributed by atoms with Crippen molar-refractivity contribution >= 4 is 27.6 Å². The zero-order valence-corrected chi connectivity index (χ0v) is 15.6. The van der Waals surface area contributed by atoms with Crippen molar-refractivity contribution in [2.24, 2.45) is 0 Å². The number of fused-ring (bicyclic) bond motifs is 4. The second-order valence-corrected chi connectivity index (χ2v) is 7.24. The standard InChI is InChI=1S/C21H13F4N3O3/c22-11-1-8-2-16(26-15(8)5-14(11)25)21(30)28-18-7-31-6-17-19(18)9-3-12(23)13(24)4-10(9)20(29)27-17/h1-5,18,26H,6-7H2,(H,27,29)(H,28,30)/t18-/m1/s1. The highest BCUT2D eigenvalue weighted by Crippen LogP contribution is 2.31. The van der Waals surface area contributed by atoms with Gasteiger partial charge in [-0.15, -0.1) is 0 Å². The van der Waals surface area contributed by atoms with Crippen LogP contribution in [0.1, 0.15) is 27.8 Å². The van der Waals surface area contributed by atoms with Gasteiger partial charge >= 0.3 is 0 Å². The first kappa shape index (κ1) is 19.3. The predicted octanol–water partition coefficient (Wildman–Crippen LogP) is 3.57. The van der Waals surface area contributed by atoms with Gasteiger partial charge in [0.2, 0.25) is 0 Å². The molecule has 2 aromatic heterocycles. The Labute approximate surface area is 170 Å². The van der Waals surface area contributed by atoms with Gasteiger partial charge in [0.05, 0.1) is 24.6 Å². The molecule has 0 unspecified atom stereocenters. The van der Waals surface area contributed by atoms with Crippen molar-refractivity contribution in [3.8, 4) is 0 Å². The van der Waals surface area contributed by atoms with Gasteiger partial charge in [-0.3, -0.25) is 9.59 Å². The molecule has 0 spiro atoms. The molecular formula is C21H13F4N3O3. The maximum atomic E-state index is 13.9.